The van der Waals surface area contributed by atoms with E-state index in [-0.39, 0.29) is 11.9 Å². The van der Waals surface area contributed by atoms with Gasteiger partial charge >= 0.3 is 6.01 Å². The van der Waals surface area contributed by atoms with Crippen molar-refractivity contribution in [3.8, 4) is 17.5 Å². The predicted octanol–water partition coefficient (Wildman–Crippen LogP) is 3.84. The normalized spacial score (nSPS) is 10.2. The molecular formula is C19H17N3O3. The van der Waals surface area contributed by atoms with Gasteiger partial charge in [0, 0.05) is 23.6 Å². The Hall–Kier alpha value is -3.41. The molecule has 0 aliphatic carbocycles. The van der Waals surface area contributed by atoms with Crippen LogP contribution < -0.4 is 14.8 Å². The summed E-state index contributed by atoms with van der Waals surface area (Å²) in [4.78, 5) is 20.3. The SMILES string of the molecule is COc1cc(C(=O)Nc2ccc(Oc3ncccn3)cc2)ccc1C. The highest BCUT2D eigenvalue weighted by Crippen LogP contribution is 2.22. The molecule has 0 radical (unpaired) electrons. The van der Waals surface area contributed by atoms with Crippen LogP contribution in [0.5, 0.6) is 17.5 Å². The largest absolute Gasteiger partial charge is 0.496 e. The van der Waals surface area contributed by atoms with Gasteiger partial charge in [-0.1, -0.05) is 6.07 Å². The number of aryl methyl sites for hydroxylation is 1. The molecule has 0 saturated heterocycles. The molecular weight excluding hydrogens is 318 g/mol. The first-order valence-electron chi connectivity index (χ1n) is 7.66. The van der Waals surface area contributed by atoms with E-state index >= 15 is 0 Å². The fourth-order valence-electron chi connectivity index (χ4n) is 2.21. The van der Waals surface area contributed by atoms with Crippen LogP contribution in [0.2, 0.25) is 0 Å². The Morgan fingerprint density at radius 3 is 2.44 bits per heavy atom. The summed E-state index contributed by atoms with van der Waals surface area (Å²) in [5.41, 5.74) is 2.16. The number of aromatic nitrogens is 2. The molecule has 126 valence electrons. The smallest absolute Gasteiger partial charge is 0.321 e. The van der Waals surface area contributed by atoms with E-state index in [9.17, 15) is 4.79 Å². The lowest BCUT2D eigenvalue weighted by Gasteiger charge is -2.09. The Balaban J connectivity index is 1.68. The average molecular weight is 335 g/mol. The van der Waals surface area contributed by atoms with Crippen LogP contribution in [0.3, 0.4) is 0 Å². The van der Waals surface area contributed by atoms with Crippen molar-refractivity contribution in [2.24, 2.45) is 0 Å². The molecule has 0 atom stereocenters. The first-order valence-corrected chi connectivity index (χ1v) is 7.66. The number of carbonyl (C=O) groups excluding carboxylic acids is 1. The highest BCUT2D eigenvalue weighted by atomic mass is 16.5. The van der Waals surface area contributed by atoms with Gasteiger partial charge in [0.1, 0.15) is 11.5 Å². The molecule has 1 aromatic heterocycles. The van der Waals surface area contributed by atoms with E-state index in [0.29, 0.717) is 22.7 Å². The second kappa shape index (κ2) is 7.44. The van der Waals surface area contributed by atoms with Gasteiger partial charge in [0.25, 0.3) is 5.91 Å². The number of carbonyl (C=O) groups is 1. The summed E-state index contributed by atoms with van der Waals surface area (Å²) in [6.07, 6.45) is 3.21. The molecule has 0 aliphatic rings. The fourth-order valence-corrected chi connectivity index (χ4v) is 2.21. The molecule has 2 aromatic carbocycles. The third-order valence-electron chi connectivity index (χ3n) is 3.53. The molecule has 6 heteroatoms. The summed E-state index contributed by atoms with van der Waals surface area (Å²) in [5.74, 6) is 1.05. The standard InChI is InChI=1S/C19H17N3O3/c1-13-4-5-14(12-17(13)24-2)18(23)22-15-6-8-16(9-7-15)25-19-20-10-3-11-21-19/h3-12H,1-2H3,(H,22,23). The summed E-state index contributed by atoms with van der Waals surface area (Å²) in [7, 11) is 1.58. The van der Waals surface area contributed by atoms with Gasteiger partial charge in [-0.15, -0.1) is 0 Å². The lowest BCUT2D eigenvalue weighted by Crippen LogP contribution is -2.12. The van der Waals surface area contributed by atoms with Crippen molar-refractivity contribution in [2.75, 3.05) is 12.4 Å². The van der Waals surface area contributed by atoms with Crippen molar-refractivity contribution in [3.05, 3.63) is 72.1 Å². The van der Waals surface area contributed by atoms with Crippen LogP contribution in [0.15, 0.2) is 60.9 Å². The van der Waals surface area contributed by atoms with Crippen LogP contribution in [-0.4, -0.2) is 23.0 Å². The first-order chi connectivity index (χ1) is 12.2. The van der Waals surface area contributed by atoms with Crippen molar-refractivity contribution in [3.63, 3.8) is 0 Å². The number of methoxy groups -OCH3 is 1. The highest BCUT2D eigenvalue weighted by Gasteiger charge is 2.09. The number of nitrogens with one attached hydrogen (secondary N) is 1. The summed E-state index contributed by atoms with van der Waals surface area (Å²) in [5, 5.41) is 2.84. The molecule has 1 heterocycles. The van der Waals surface area contributed by atoms with Gasteiger partial charge in [0.05, 0.1) is 7.11 Å². The van der Waals surface area contributed by atoms with E-state index < -0.39 is 0 Å². The summed E-state index contributed by atoms with van der Waals surface area (Å²) in [6, 6.07) is 14.3. The molecule has 0 fully saturated rings. The van der Waals surface area contributed by atoms with Crippen LogP contribution in [0.4, 0.5) is 5.69 Å². The zero-order valence-corrected chi connectivity index (χ0v) is 13.9. The molecule has 25 heavy (non-hydrogen) atoms. The van der Waals surface area contributed by atoms with Gasteiger partial charge in [0.15, 0.2) is 0 Å². The van der Waals surface area contributed by atoms with Crippen LogP contribution in [0, 0.1) is 6.92 Å². The van der Waals surface area contributed by atoms with Crippen LogP contribution in [0.1, 0.15) is 15.9 Å². The number of nitrogens with zero attached hydrogens (tertiary/aromatic N) is 2. The van der Waals surface area contributed by atoms with Crippen LogP contribution in [0.25, 0.3) is 0 Å². The third-order valence-corrected chi connectivity index (χ3v) is 3.53. The van der Waals surface area contributed by atoms with E-state index in [0.717, 1.165) is 5.56 Å². The second-order valence-electron chi connectivity index (χ2n) is 5.30. The van der Waals surface area contributed by atoms with E-state index in [1.54, 1.807) is 62.0 Å². The molecule has 1 N–H and O–H groups in total. The summed E-state index contributed by atoms with van der Waals surface area (Å²) < 4.78 is 10.8. The fraction of sp³-hybridized carbons (Fsp3) is 0.105. The molecule has 0 saturated carbocycles. The minimum absolute atomic E-state index is 0.210. The van der Waals surface area contributed by atoms with Crippen molar-refractivity contribution < 1.29 is 14.3 Å². The lowest BCUT2D eigenvalue weighted by molar-refractivity contribution is 0.102. The average Bonchev–Trinajstić information content (AvgIpc) is 2.64. The van der Waals surface area contributed by atoms with E-state index in [2.05, 4.69) is 15.3 Å². The second-order valence-corrected chi connectivity index (χ2v) is 5.30. The number of ether oxygens (including phenoxy) is 2. The Morgan fingerprint density at radius 2 is 1.76 bits per heavy atom. The van der Waals surface area contributed by atoms with Gasteiger partial charge in [-0.2, -0.15) is 0 Å². The number of rotatable bonds is 5. The topological polar surface area (TPSA) is 73.3 Å². The van der Waals surface area contributed by atoms with Crippen molar-refractivity contribution >= 4 is 11.6 Å². The van der Waals surface area contributed by atoms with Gasteiger partial charge in [-0.3, -0.25) is 4.79 Å². The zero-order valence-electron chi connectivity index (χ0n) is 13.9. The van der Waals surface area contributed by atoms with Gasteiger partial charge in [0.2, 0.25) is 0 Å². The van der Waals surface area contributed by atoms with Crippen molar-refractivity contribution in [2.45, 2.75) is 6.92 Å². The third kappa shape index (κ3) is 4.11. The Morgan fingerprint density at radius 1 is 1.04 bits per heavy atom. The molecule has 3 aromatic rings. The first kappa shape index (κ1) is 16.4. The monoisotopic (exact) mass is 335 g/mol. The molecule has 0 unspecified atom stereocenters. The van der Waals surface area contributed by atoms with Crippen LogP contribution in [-0.2, 0) is 0 Å². The van der Waals surface area contributed by atoms with Gasteiger partial charge in [-0.25, -0.2) is 9.97 Å². The van der Waals surface area contributed by atoms with E-state index in [1.165, 1.54) is 0 Å². The summed E-state index contributed by atoms with van der Waals surface area (Å²) >= 11 is 0. The maximum atomic E-state index is 12.4. The number of anilines is 1. The molecule has 0 bridgehead atoms. The minimum atomic E-state index is -0.210. The number of hydrogen-bond acceptors (Lipinski definition) is 5. The van der Waals surface area contributed by atoms with Gasteiger partial charge in [-0.05, 0) is 55.0 Å². The quantitative estimate of drug-likeness (QED) is 0.767. The molecule has 6 nitrogen and oxygen atoms in total. The van der Waals surface area contributed by atoms with E-state index in [1.807, 2.05) is 13.0 Å². The predicted molar refractivity (Wildman–Crippen MR) is 94.2 cm³/mol. The zero-order chi connectivity index (χ0) is 17.6. The van der Waals surface area contributed by atoms with Crippen LogP contribution >= 0.6 is 0 Å². The molecule has 3 rings (SSSR count). The van der Waals surface area contributed by atoms with E-state index in [4.69, 9.17) is 9.47 Å². The Kier molecular flexibility index (Phi) is 4.89. The van der Waals surface area contributed by atoms with Crippen molar-refractivity contribution in [1.29, 1.82) is 0 Å². The molecule has 1 amide bonds. The lowest BCUT2D eigenvalue weighted by atomic mass is 10.1. The highest BCUT2D eigenvalue weighted by molar-refractivity contribution is 6.04. The Labute approximate surface area is 145 Å². The number of benzene rings is 2. The Bertz CT molecular complexity index is 865. The van der Waals surface area contributed by atoms with Crippen molar-refractivity contribution in [1.82, 2.24) is 9.97 Å². The maximum Gasteiger partial charge on any atom is 0.321 e. The minimum Gasteiger partial charge on any atom is -0.496 e. The summed E-state index contributed by atoms with van der Waals surface area (Å²) in [6.45, 7) is 1.93. The molecule has 0 spiro atoms. The molecule has 0 aliphatic heterocycles. The number of hydrogen-bond donors (Lipinski definition) is 1. The number of amides is 1. The maximum absolute atomic E-state index is 12.4. The van der Waals surface area contributed by atoms with Gasteiger partial charge < -0.3 is 14.8 Å².